The van der Waals surface area contributed by atoms with Crippen LogP contribution < -0.4 is 15.0 Å². The molecule has 0 spiro atoms. The average molecular weight is 475 g/mol. The molecule has 0 radical (unpaired) electrons. The van der Waals surface area contributed by atoms with Crippen molar-refractivity contribution in [2.75, 3.05) is 26.1 Å². The number of ether oxygens (including phenoxy) is 2. The Morgan fingerprint density at radius 2 is 1.63 bits per heavy atom. The van der Waals surface area contributed by atoms with Gasteiger partial charge in [-0.1, -0.05) is 24.3 Å². The fourth-order valence-electron chi connectivity index (χ4n) is 5.00. The maximum absolute atomic E-state index is 13.7. The van der Waals surface area contributed by atoms with Crippen LogP contribution >= 0.6 is 0 Å². The summed E-state index contributed by atoms with van der Waals surface area (Å²) < 4.78 is 10.9. The second-order valence-electron chi connectivity index (χ2n) is 9.73. The first-order valence-corrected chi connectivity index (χ1v) is 12.1. The number of carbonyl (C=O) groups is 2. The molecule has 4 rings (SSSR count). The van der Waals surface area contributed by atoms with Crippen molar-refractivity contribution in [1.29, 1.82) is 0 Å². The highest BCUT2D eigenvalue weighted by atomic mass is 16.5. The Kier molecular flexibility index (Phi) is 7.01. The lowest BCUT2D eigenvalue weighted by Gasteiger charge is -2.37. The van der Waals surface area contributed by atoms with Crippen LogP contribution in [0, 0.1) is 0 Å². The molecular weight excluding hydrogens is 440 g/mol. The largest absolute Gasteiger partial charge is 0.497 e. The van der Waals surface area contributed by atoms with Gasteiger partial charge >= 0.3 is 5.97 Å². The molecule has 0 fully saturated rings. The molecule has 2 aromatic rings. The minimum atomic E-state index is -0.460. The smallest absolute Gasteiger partial charge is 0.337 e. The van der Waals surface area contributed by atoms with Crippen LogP contribution in [-0.2, 0) is 14.3 Å². The van der Waals surface area contributed by atoms with E-state index in [9.17, 15) is 9.59 Å². The van der Waals surface area contributed by atoms with E-state index in [4.69, 9.17) is 9.47 Å². The number of carbonyl (C=O) groups excluding carboxylic acids is 2. The molecule has 0 bridgehead atoms. The van der Waals surface area contributed by atoms with Gasteiger partial charge in [0.15, 0.2) is 5.78 Å². The normalized spacial score (nSPS) is 19.9. The lowest BCUT2D eigenvalue weighted by Crippen LogP contribution is -2.36. The number of ketones is 1. The molecule has 6 heteroatoms. The van der Waals surface area contributed by atoms with Crippen molar-refractivity contribution >= 4 is 17.4 Å². The van der Waals surface area contributed by atoms with Crippen molar-refractivity contribution in [3.05, 3.63) is 82.2 Å². The molecule has 1 aliphatic heterocycles. The van der Waals surface area contributed by atoms with Gasteiger partial charge < -0.3 is 19.7 Å². The number of methoxy groups -OCH3 is 1. The van der Waals surface area contributed by atoms with E-state index in [0.29, 0.717) is 24.0 Å². The highest BCUT2D eigenvalue weighted by Gasteiger charge is 2.41. The third-order valence-corrected chi connectivity index (χ3v) is 6.72. The Balaban J connectivity index is 1.76. The van der Waals surface area contributed by atoms with Crippen LogP contribution in [0.25, 0.3) is 0 Å². The van der Waals surface area contributed by atoms with Crippen LogP contribution in [0.15, 0.2) is 71.1 Å². The Morgan fingerprint density at radius 3 is 2.20 bits per heavy atom. The first-order chi connectivity index (χ1) is 16.7. The summed E-state index contributed by atoms with van der Waals surface area (Å²) in [5.41, 5.74) is 5.88. The van der Waals surface area contributed by atoms with E-state index < -0.39 is 5.92 Å². The number of allylic oxidation sites excluding steroid dienone is 3. The molecule has 6 nitrogen and oxygen atoms in total. The molecule has 1 N–H and O–H groups in total. The maximum Gasteiger partial charge on any atom is 0.337 e. The monoisotopic (exact) mass is 474 g/mol. The highest BCUT2D eigenvalue weighted by molar-refractivity contribution is 6.04. The zero-order valence-electron chi connectivity index (χ0n) is 21.3. The summed E-state index contributed by atoms with van der Waals surface area (Å²) in [5, 5.41) is 3.41. The number of dihydropyridines is 1. The van der Waals surface area contributed by atoms with Gasteiger partial charge in [-0.05, 0) is 68.5 Å². The minimum Gasteiger partial charge on any atom is -0.497 e. The molecule has 2 aromatic carbocycles. The first-order valence-electron chi connectivity index (χ1n) is 12.1. The molecular formula is C29H34N2O4. The summed E-state index contributed by atoms with van der Waals surface area (Å²) in [7, 11) is 5.61. The van der Waals surface area contributed by atoms with E-state index in [1.54, 1.807) is 7.11 Å². The van der Waals surface area contributed by atoms with E-state index in [1.807, 2.05) is 88.3 Å². The van der Waals surface area contributed by atoms with Crippen LogP contribution in [0.1, 0.15) is 56.6 Å². The zero-order valence-corrected chi connectivity index (χ0v) is 21.3. The summed E-state index contributed by atoms with van der Waals surface area (Å²) in [4.78, 5) is 28.9. The molecule has 0 saturated heterocycles. The second kappa shape index (κ2) is 9.98. The SMILES string of the molecule is COc1ccc([C@H]2CC(=O)C3=C(C2)NC(C)=C(C(=O)OC(C)C)[C@H]3c2ccc(N(C)C)cc2)cc1. The summed E-state index contributed by atoms with van der Waals surface area (Å²) in [5.74, 6) is 0.0678. The number of hydrogen-bond acceptors (Lipinski definition) is 6. The number of rotatable bonds is 6. The number of esters is 1. The highest BCUT2D eigenvalue weighted by Crippen LogP contribution is 2.46. The summed E-state index contributed by atoms with van der Waals surface area (Å²) >= 11 is 0. The number of anilines is 1. The van der Waals surface area contributed by atoms with Gasteiger partial charge in [0.05, 0.1) is 18.8 Å². The van der Waals surface area contributed by atoms with Crippen molar-refractivity contribution in [1.82, 2.24) is 5.32 Å². The van der Waals surface area contributed by atoms with Gasteiger partial charge in [-0.25, -0.2) is 4.79 Å². The number of hydrogen-bond donors (Lipinski definition) is 1. The van der Waals surface area contributed by atoms with Crippen LogP contribution in [0.5, 0.6) is 5.75 Å². The Bertz CT molecular complexity index is 1170. The molecule has 0 aromatic heterocycles. The van der Waals surface area contributed by atoms with Gasteiger partial charge in [0, 0.05) is 49.1 Å². The second-order valence-corrected chi connectivity index (χ2v) is 9.73. The van der Waals surface area contributed by atoms with Crippen molar-refractivity contribution in [2.45, 2.75) is 51.6 Å². The van der Waals surface area contributed by atoms with Gasteiger partial charge in [0.1, 0.15) is 5.75 Å². The number of benzene rings is 2. The quantitative estimate of drug-likeness (QED) is 0.590. The lowest BCUT2D eigenvalue weighted by molar-refractivity contribution is -0.143. The molecule has 184 valence electrons. The lowest BCUT2D eigenvalue weighted by atomic mass is 9.71. The summed E-state index contributed by atoms with van der Waals surface area (Å²) in [6.45, 7) is 5.56. The van der Waals surface area contributed by atoms with Crippen LogP contribution in [-0.4, -0.2) is 39.1 Å². The van der Waals surface area contributed by atoms with E-state index in [2.05, 4.69) is 5.32 Å². The summed E-state index contributed by atoms with van der Waals surface area (Å²) in [6, 6.07) is 16.0. The van der Waals surface area contributed by atoms with Crippen LogP contribution in [0.3, 0.4) is 0 Å². The Hall–Kier alpha value is -3.54. The Morgan fingerprint density at radius 1 is 1.00 bits per heavy atom. The summed E-state index contributed by atoms with van der Waals surface area (Å²) in [6.07, 6.45) is 0.838. The van der Waals surface area contributed by atoms with Crippen molar-refractivity contribution in [3.8, 4) is 5.75 Å². The van der Waals surface area contributed by atoms with Gasteiger partial charge in [0.25, 0.3) is 0 Å². The molecule has 0 amide bonds. The predicted molar refractivity (Wildman–Crippen MR) is 138 cm³/mol. The van der Waals surface area contributed by atoms with Crippen LogP contribution in [0.2, 0.25) is 0 Å². The third kappa shape index (κ3) is 4.97. The fourth-order valence-corrected chi connectivity index (χ4v) is 5.00. The van der Waals surface area contributed by atoms with Gasteiger partial charge in [-0.2, -0.15) is 0 Å². The molecule has 35 heavy (non-hydrogen) atoms. The van der Waals surface area contributed by atoms with E-state index in [1.165, 1.54) is 0 Å². The number of nitrogens with zero attached hydrogens (tertiary/aromatic N) is 1. The van der Waals surface area contributed by atoms with E-state index in [0.717, 1.165) is 34.0 Å². The van der Waals surface area contributed by atoms with Crippen molar-refractivity contribution in [2.24, 2.45) is 0 Å². The van der Waals surface area contributed by atoms with E-state index >= 15 is 0 Å². The molecule has 1 heterocycles. The van der Waals surface area contributed by atoms with E-state index in [-0.39, 0.29) is 23.8 Å². The number of Topliss-reactive ketones (excluding diaryl/α,β-unsaturated/α-hetero) is 1. The zero-order chi connectivity index (χ0) is 25.3. The van der Waals surface area contributed by atoms with Crippen molar-refractivity contribution < 1.29 is 19.1 Å². The first kappa shape index (κ1) is 24.6. The third-order valence-electron chi connectivity index (χ3n) is 6.72. The molecule has 0 unspecified atom stereocenters. The predicted octanol–water partition coefficient (Wildman–Crippen LogP) is 5.07. The molecule has 2 atom stereocenters. The van der Waals surface area contributed by atoms with Crippen molar-refractivity contribution in [3.63, 3.8) is 0 Å². The standard InChI is InChI=1S/C29H34N2O4/c1-17(2)35-29(33)26-18(3)30-24-15-21(19-9-13-23(34-6)14-10-19)16-25(32)28(24)27(26)20-7-11-22(12-8-20)31(4)5/h7-14,17,21,27,30H,15-16H2,1-6H3/t21-,27-/m1/s1. The van der Waals surface area contributed by atoms with Gasteiger partial charge in [-0.15, -0.1) is 0 Å². The molecule has 1 aliphatic carbocycles. The number of nitrogens with one attached hydrogen (secondary N) is 1. The average Bonchev–Trinajstić information content (AvgIpc) is 2.82. The molecule has 0 saturated carbocycles. The topological polar surface area (TPSA) is 67.9 Å². The minimum absolute atomic E-state index is 0.0589. The fraction of sp³-hybridized carbons (Fsp3) is 0.379. The molecule has 2 aliphatic rings. The maximum atomic E-state index is 13.7. The van der Waals surface area contributed by atoms with Gasteiger partial charge in [0.2, 0.25) is 0 Å². The Labute approximate surface area is 207 Å². The van der Waals surface area contributed by atoms with Gasteiger partial charge in [-0.3, -0.25) is 4.79 Å². The van der Waals surface area contributed by atoms with Crippen LogP contribution in [0.4, 0.5) is 5.69 Å².